The minimum atomic E-state index is -0.0602. The molecule has 0 aromatic rings. The SMILES string of the molecule is C=CC(=O)N1C[C@@H](N)C[C@H]1COC. The van der Waals surface area contributed by atoms with Crippen LogP contribution in [0.3, 0.4) is 0 Å². The zero-order valence-corrected chi connectivity index (χ0v) is 7.90. The van der Waals surface area contributed by atoms with E-state index in [9.17, 15) is 4.79 Å². The molecule has 2 N–H and O–H groups in total. The van der Waals surface area contributed by atoms with E-state index in [1.165, 1.54) is 6.08 Å². The van der Waals surface area contributed by atoms with Gasteiger partial charge in [0.2, 0.25) is 5.91 Å². The minimum Gasteiger partial charge on any atom is -0.383 e. The highest BCUT2D eigenvalue weighted by molar-refractivity contribution is 5.87. The first kappa shape index (κ1) is 10.2. The Hall–Kier alpha value is -0.870. The van der Waals surface area contributed by atoms with Gasteiger partial charge in [-0.2, -0.15) is 0 Å². The highest BCUT2D eigenvalue weighted by atomic mass is 16.5. The van der Waals surface area contributed by atoms with Crippen molar-refractivity contribution in [2.24, 2.45) is 5.73 Å². The van der Waals surface area contributed by atoms with Gasteiger partial charge in [-0.15, -0.1) is 0 Å². The number of carbonyl (C=O) groups excluding carboxylic acids is 1. The van der Waals surface area contributed by atoms with E-state index in [0.717, 1.165) is 6.42 Å². The van der Waals surface area contributed by atoms with Crippen LogP contribution in [0.5, 0.6) is 0 Å². The van der Waals surface area contributed by atoms with Crippen LogP contribution in [0.4, 0.5) is 0 Å². The van der Waals surface area contributed by atoms with Crippen molar-refractivity contribution in [2.45, 2.75) is 18.5 Å². The summed E-state index contributed by atoms with van der Waals surface area (Å²) in [6, 6.07) is 0.189. The van der Waals surface area contributed by atoms with Gasteiger partial charge in [-0.05, 0) is 12.5 Å². The monoisotopic (exact) mass is 184 g/mol. The summed E-state index contributed by atoms with van der Waals surface area (Å²) in [5.41, 5.74) is 5.75. The molecule has 74 valence electrons. The van der Waals surface area contributed by atoms with Crippen molar-refractivity contribution in [2.75, 3.05) is 20.3 Å². The van der Waals surface area contributed by atoms with E-state index >= 15 is 0 Å². The third kappa shape index (κ3) is 2.29. The van der Waals surface area contributed by atoms with Crippen LogP contribution in [0.2, 0.25) is 0 Å². The Morgan fingerprint density at radius 3 is 3.08 bits per heavy atom. The number of hydrogen-bond acceptors (Lipinski definition) is 3. The summed E-state index contributed by atoms with van der Waals surface area (Å²) >= 11 is 0. The van der Waals surface area contributed by atoms with Crippen LogP contribution >= 0.6 is 0 Å². The lowest BCUT2D eigenvalue weighted by Crippen LogP contribution is -2.37. The molecule has 1 amide bonds. The number of nitrogens with two attached hydrogens (primary N) is 1. The molecule has 0 bridgehead atoms. The van der Waals surface area contributed by atoms with Gasteiger partial charge in [-0.1, -0.05) is 6.58 Å². The smallest absolute Gasteiger partial charge is 0.246 e. The highest BCUT2D eigenvalue weighted by Crippen LogP contribution is 2.16. The molecule has 1 rings (SSSR count). The van der Waals surface area contributed by atoms with Crippen LogP contribution in [0.1, 0.15) is 6.42 Å². The van der Waals surface area contributed by atoms with Gasteiger partial charge in [0, 0.05) is 19.7 Å². The van der Waals surface area contributed by atoms with E-state index < -0.39 is 0 Å². The molecule has 2 atom stereocenters. The topological polar surface area (TPSA) is 55.6 Å². The van der Waals surface area contributed by atoms with Gasteiger partial charge in [0.25, 0.3) is 0 Å². The normalized spacial score (nSPS) is 27.7. The number of rotatable bonds is 3. The van der Waals surface area contributed by atoms with E-state index in [1.54, 1.807) is 12.0 Å². The van der Waals surface area contributed by atoms with Crippen LogP contribution in [0.25, 0.3) is 0 Å². The Morgan fingerprint density at radius 1 is 1.85 bits per heavy atom. The van der Waals surface area contributed by atoms with Crippen molar-refractivity contribution in [1.29, 1.82) is 0 Å². The number of methoxy groups -OCH3 is 1. The fourth-order valence-corrected chi connectivity index (χ4v) is 1.69. The molecule has 0 radical (unpaired) electrons. The molecule has 0 aromatic carbocycles. The summed E-state index contributed by atoms with van der Waals surface area (Å²) < 4.78 is 5.02. The molecule has 0 unspecified atom stereocenters. The van der Waals surface area contributed by atoms with Crippen molar-refractivity contribution < 1.29 is 9.53 Å². The molecule has 0 aromatic heterocycles. The third-order valence-electron chi connectivity index (χ3n) is 2.26. The van der Waals surface area contributed by atoms with Crippen molar-refractivity contribution in [3.8, 4) is 0 Å². The largest absolute Gasteiger partial charge is 0.383 e. The van der Waals surface area contributed by atoms with Crippen LogP contribution < -0.4 is 5.73 Å². The third-order valence-corrected chi connectivity index (χ3v) is 2.26. The van der Waals surface area contributed by atoms with Crippen LogP contribution in [-0.4, -0.2) is 43.2 Å². The maximum absolute atomic E-state index is 11.3. The Kier molecular flexibility index (Phi) is 3.45. The maximum atomic E-state index is 11.3. The molecule has 4 nitrogen and oxygen atoms in total. The Balaban J connectivity index is 2.59. The fraction of sp³-hybridized carbons (Fsp3) is 0.667. The molecular weight excluding hydrogens is 168 g/mol. The Morgan fingerprint density at radius 2 is 2.54 bits per heavy atom. The van der Waals surface area contributed by atoms with Crippen LogP contribution in [0.15, 0.2) is 12.7 Å². The van der Waals surface area contributed by atoms with Gasteiger partial charge in [0.15, 0.2) is 0 Å². The predicted octanol–water partition coefficient (Wildman–Crippen LogP) is -0.253. The summed E-state index contributed by atoms with van der Waals surface area (Å²) in [4.78, 5) is 13.1. The summed E-state index contributed by atoms with van der Waals surface area (Å²) in [6.45, 7) is 4.61. The molecule has 4 heteroatoms. The molecule has 1 fully saturated rings. The molecule has 13 heavy (non-hydrogen) atoms. The standard InChI is InChI=1S/C9H16N2O2/c1-3-9(12)11-5-7(10)4-8(11)6-13-2/h3,7-8H,1,4-6,10H2,2H3/t7-,8-/m0/s1. The minimum absolute atomic E-state index is 0.0602. The van der Waals surface area contributed by atoms with E-state index in [-0.39, 0.29) is 18.0 Å². The number of ether oxygens (including phenoxy) is 1. The van der Waals surface area contributed by atoms with Crippen molar-refractivity contribution in [1.82, 2.24) is 4.90 Å². The van der Waals surface area contributed by atoms with E-state index in [1.807, 2.05) is 0 Å². The summed E-state index contributed by atoms with van der Waals surface area (Å²) in [5.74, 6) is -0.0602. The Bertz CT molecular complexity index is 206. The quantitative estimate of drug-likeness (QED) is 0.615. The summed E-state index contributed by atoms with van der Waals surface area (Å²) in [6.07, 6.45) is 2.13. The van der Waals surface area contributed by atoms with Gasteiger partial charge >= 0.3 is 0 Å². The Labute approximate surface area is 78.3 Å². The van der Waals surface area contributed by atoms with Crippen LogP contribution in [-0.2, 0) is 9.53 Å². The van der Waals surface area contributed by atoms with E-state index in [0.29, 0.717) is 13.2 Å². The first-order valence-electron chi connectivity index (χ1n) is 4.36. The lowest BCUT2D eigenvalue weighted by molar-refractivity contribution is -0.127. The average molecular weight is 184 g/mol. The molecule has 0 saturated carbocycles. The maximum Gasteiger partial charge on any atom is 0.246 e. The van der Waals surface area contributed by atoms with Crippen molar-refractivity contribution in [3.63, 3.8) is 0 Å². The van der Waals surface area contributed by atoms with Gasteiger partial charge < -0.3 is 15.4 Å². The molecular formula is C9H16N2O2. The molecule has 1 aliphatic rings. The first-order valence-corrected chi connectivity index (χ1v) is 4.36. The summed E-state index contributed by atoms with van der Waals surface area (Å²) in [7, 11) is 1.63. The number of amides is 1. The van der Waals surface area contributed by atoms with Gasteiger partial charge in [-0.25, -0.2) is 0 Å². The molecule has 0 spiro atoms. The first-order chi connectivity index (χ1) is 6.19. The number of nitrogens with zero attached hydrogens (tertiary/aromatic N) is 1. The zero-order chi connectivity index (χ0) is 9.84. The fourth-order valence-electron chi connectivity index (χ4n) is 1.69. The number of likely N-dealkylation sites (tertiary alicyclic amines) is 1. The molecule has 1 saturated heterocycles. The molecule has 1 aliphatic heterocycles. The number of carbonyl (C=O) groups is 1. The lowest BCUT2D eigenvalue weighted by Gasteiger charge is -2.22. The van der Waals surface area contributed by atoms with Crippen molar-refractivity contribution in [3.05, 3.63) is 12.7 Å². The second kappa shape index (κ2) is 4.39. The van der Waals surface area contributed by atoms with Crippen molar-refractivity contribution >= 4 is 5.91 Å². The average Bonchev–Trinajstić information content (AvgIpc) is 2.46. The molecule has 1 heterocycles. The van der Waals surface area contributed by atoms with E-state index in [4.69, 9.17) is 10.5 Å². The highest BCUT2D eigenvalue weighted by Gasteiger charge is 2.31. The van der Waals surface area contributed by atoms with Gasteiger partial charge in [-0.3, -0.25) is 4.79 Å². The van der Waals surface area contributed by atoms with Crippen LogP contribution in [0, 0.1) is 0 Å². The number of hydrogen-bond donors (Lipinski definition) is 1. The van der Waals surface area contributed by atoms with E-state index in [2.05, 4.69) is 6.58 Å². The van der Waals surface area contributed by atoms with Gasteiger partial charge in [0.1, 0.15) is 0 Å². The second-order valence-corrected chi connectivity index (χ2v) is 3.30. The lowest BCUT2D eigenvalue weighted by atomic mass is 10.2. The molecule has 0 aliphatic carbocycles. The summed E-state index contributed by atoms with van der Waals surface area (Å²) in [5, 5.41) is 0. The second-order valence-electron chi connectivity index (χ2n) is 3.30. The predicted molar refractivity (Wildman–Crippen MR) is 50.2 cm³/mol. The zero-order valence-electron chi connectivity index (χ0n) is 7.90. The van der Waals surface area contributed by atoms with Gasteiger partial charge in [0.05, 0.1) is 12.6 Å².